The van der Waals surface area contributed by atoms with Gasteiger partial charge in [0.1, 0.15) is 0 Å². The molecule has 0 unspecified atom stereocenters. The molecular formula is C13H16ClN3O2. The molecule has 0 atom stereocenters. The average molecular weight is 282 g/mol. The summed E-state index contributed by atoms with van der Waals surface area (Å²) in [4.78, 5) is 24.7. The van der Waals surface area contributed by atoms with Crippen molar-refractivity contribution in [1.82, 2.24) is 10.2 Å². The molecule has 0 aliphatic carbocycles. The molecule has 102 valence electrons. The van der Waals surface area contributed by atoms with Crippen LogP contribution in [0.1, 0.15) is 5.56 Å². The van der Waals surface area contributed by atoms with Crippen molar-refractivity contribution in [2.45, 2.75) is 6.92 Å². The van der Waals surface area contributed by atoms with Crippen molar-refractivity contribution in [1.29, 1.82) is 0 Å². The number of rotatable bonds is 3. The summed E-state index contributed by atoms with van der Waals surface area (Å²) in [5, 5.41) is 6.37. The van der Waals surface area contributed by atoms with Gasteiger partial charge < -0.3 is 15.5 Å². The van der Waals surface area contributed by atoms with Gasteiger partial charge in [-0.25, -0.2) is 0 Å². The van der Waals surface area contributed by atoms with Crippen LogP contribution in [0.25, 0.3) is 0 Å². The van der Waals surface area contributed by atoms with E-state index in [1.807, 2.05) is 13.0 Å². The largest absolute Gasteiger partial charge is 0.376 e. The second-order valence-corrected chi connectivity index (χ2v) is 4.91. The lowest BCUT2D eigenvalue weighted by Crippen LogP contribution is -2.51. The van der Waals surface area contributed by atoms with Crippen LogP contribution in [0.15, 0.2) is 18.2 Å². The smallest absolute Gasteiger partial charge is 0.242 e. The number of benzene rings is 1. The number of piperazine rings is 1. The van der Waals surface area contributed by atoms with E-state index < -0.39 is 0 Å². The third-order valence-corrected chi connectivity index (χ3v) is 3.26. The maximum Gasteiger partial charge on any atom is 0.242 e. The first-order chi connectivity index (χ1) is 9.06. The number of amides is 2. The zero-order valence-corrected chi connectivity index (χ0v) is 11.5. The average Bonchev–Trinajstić information content (AvgIpc) is 2.39. The summed E-state index contributed by atoms with van der Waals surface area (Å²) in [7, 11) is 0. The Morgan fingerprint density at radius 2 is 2.32 bits per heavy atom. The Kier molecular flexibility index (Phi) is 4.27. The minimum Gasteiger partial charge on any atom is -0.376 e. The molecule has 0 bridgehead atoms. The van der Waals surface area contributed by atoms with Gasteiger partial charge in [0.05, 0.1) is 13.1 Å². The Morgan fingerprint density at radius 1 is 1.53 bits per heavy atom. The van der Waals surface area contributed by atoms with Crippen molar-refractivity contribution < 1.29 is 9.59 Å². The van der Waals surface area contributed by atoms with E-state index >= 15 is 0 Å². The Bertz CT molecular complexity index is 505. The molecule has 1 aliphatic rings. The fraction of sp³-hybridized carbons (Fsp3) is 0.385. The first-order valence-electron chi connectivity index (χ1n) is 6.11. The molecule has 2 rings (SSSR count). The van der Waals surface area contributed by atoms with E-state index in [4.69, 9.17) is 11.6 Å². The molecule has 1 aliphatic heterocycles. The molecule has 0 saturated carbocycles. The van der Waals surface area contributed by atoms with Crippen LogP contribution in [0.3, 0.4) is 0 Å². The number of nitrogens with zero attached hydrogens (tertiary/aromatic N) is 1. The number of carbonyl (C=O) groups excluding carboxylic acids is 2. The van der Waals surface area contributed by atoms with Gasteiger partial charge in [0.25, 0.3) is 0 Å². The van der Waals surface area contributed by atoms with E-state index in [-0.39, 0.29) is 24.9 Å². The van der Waals surface area contributed by atoms with E-state index in [1.165, 1.54) is 0 Å². The second-order valence-electron chi connectivity index (χ2n) is 4.48. The lowest BCUT2D eigenvalue weighted by atomic mass is 10.2. The van der Waals surface area contributed by atoms with E-state index in [0.717, 1.165) is 11.3 Å². The molecule has 1 heterocycles. The topological polar surface area (TPSA) is 61.4 Å². The number of aryl methyl sites for hydroxylation is 1. The molecule has 0 spiro atoms. The minimum absolute atomic E-state index is 0.0887. The van der Waals surface area contributed by atoms with Crippen LogP contribution < -0.4 is 10.6 Å². The zero-order valence-electron chi connectivity index (χ0n) is 10.7. The van der Waals surface area contributed by atoms with Gasteiger partial charge in [-0.05, 0) is 24.6 Å². The van der Waals surface area contributed by atoms with Crippen LogP contribution in [0, 0.1) is 6.92 Å². The van der Waals surface area contributed by atoms with Gasteiger partial charge >= 0.3 is 0 Å². The zero-order chi connectivity index (χ0) is 13.8. The van der Waals surface area contributed by atoms with Crippen molar-refractivity contribution in [3.05, 3.63) is 28.8 Å². The summed E-state index contributed by atoms with van der Waals surface area (Å²) in [6, 6.07) is 5.48. The van der Waals surface area contributed by atoms with Gasteiger partial charge in [-0.2, -0.15) is 0 Å². The van der Waals surface area contributed by atoms with Crippen LogP contribution in [-0.4, -0.2) is 42.9 Å². The summed E-state index contributed by atoms with van der Waals surface area (Å²) in [6.07, 6.45) is 0. The second kappa shape index (κ2) is 5.93. The third kappa shape index (κ3) is 3.61. The highest BCUT2D eigenvalue weighted by molar-refractivity contribution is 6.30. The van der Waals surface area contributed by atoms with Gasteiger partial charge in [0, 0.05) is 23.8 Å². The Labute approximate surface area is 116 Å². The quantitative estimate of drug-likeness (QED) is 0.870. The molecule has 19 heavy (non-hydrogen) atoms. The molecule has 1 saturated heterocycles. The van der Waals surface area contributed by atoms with Crippen LogP contribution >= 0.6 is 11.6 Å². The molecule has 0 radical (unpaired) electrons. The molecule has 1 fully saturated rings. The van der Waals surface area contributed by atoms with E-state index in [9.17, 15) is 9.59 Å². The SMILES string of the molecule is Cc1ccc(Cl)cc1NCC(=O)N1CCNC(=O)C1. The van der Waals surface area contributed by atoms with Gasteiger partial charge in [-0.3, -0.25) is 9.59 Å². The fourth-order valence-electron chi connectivity index (χ4n) is 1.92. The van der Waals surface area contributed by atoms with Crippen LogP contribution in [0.2, 0.25) is 5.02 Å². The highest BCUT2D eigenvalue weighted by Gasteiger charge is 2.20. The van der Waals surface area contributed by atoms with Crippen molar-refractivity contribution in [2.24, 2.45) is 0 Å². The Hall–Kier alpha value is -1.75. The monoisotopic (exact) mass is 281 g/mol. The lowest BCUT2D eigenvalue weighted by Gasteiger charge is -2.27. The normalized spacial score (nSPS) is 15.1. The summed E-state index contributed by atoms with van der Waals surface area (Å²) >= 11 is 5.91. The maximum atomic E-state index is 12.0. The van der Waals surface area contributed by atoms with Crippen molar-refractivity contribution in [3.8, 4) is 0 Å². The highest BCUT2D eigenvalue weighted by atomic mass is 35.5. The van der Waals surface area contributed by atoms with Crippen molar-refractivity contribution in [3.63, 3.8) is 0 Å². The van der Waals surface area contributed by atoms with Gasteiger partial charge in [-0.15, -0.1) is 0 Å². The van der Waals surface area contributed by atoms with E-state index in [2.05, 4.69) is 10.6 Å². The van der Waals surface area contributed by atoms with Crippen molar-refractivity contribution >= 4 is 29.1 Å². The molecule has 1 aromatic rings. The van der Waals surface area contributed by atoms with Crippen LogP contribution in [0.5, 0.6) is 0 Å². The number of carbonyl (C=O) groups is 2. The van der Waals surface area contributed by atoms with Gasteiger partial charge in [0.15, 0.2) is 0 Å². The predicted molar refractivity (Wildman–Crippen MR) is 74.3 cm³/mol. The number of hydrogen-bond donors (Lipinski definition) is 2. The summed E-state index contributed by atoms with van der Waals surface area (Å²) < 4.78 is 0. The third-order valence-electron chi connectivity index (χ3n) is 3.02. The molecule has 5 nitrogen and oxygen atoms in total. The van der Waals surface area contributed by atoms with Crippen LogP contribution in [-0.2, 0) is 9.59 Å². The standard InChI is InChI=1S/C13H16ClN3O2/c1-9-2-3-10(14)6-11(9)16-7-13(19)17-5-4-15-12(18)8-17/h2-3,6,16H,4-5,7-8H2,1H3,(H,15,18). The molecule has 1 aromatic carbocycles. The molecule has 2 amide bonds. The summed E-state index contributed by atoms with van der Waals surface area (Å²) in [5.74, 6) is -0.201. The summed E-state index contributed by atoms with van der Waals surface area (Å²) in [5.41, 5.74) is 1.86. The lowest BCUT2D eigenvalue weighted by molar-refractivity contribution is -0.136. The molecule has 6 heteroatoms. The molecule has 2 N–H and O–H groups in total. The van der Waals surface area contributed by atoms with E-state index in [1.54, 1.807) is 17.0 Å². The fourth-order valence-corrected chi connectivity index (χ4v) is 2.09. The number of nitrogens with one attached hydrogen (secondary N) is 2. The molecule has 0 aromatic heterocycles. The first kappa shape index (κ1) is 13.7. The number of halogens is 1. The van der Waals surface area contributed by atoms with Crippen LogP contribution in [0.4, 0.5) is 5.69 Å². The minimum atomic E-state index is -0.112. The predicted octanol–water partition coefficient (Wildman–Crippen LogP) is 1.02. The van der Waals surface area contributed by atoms with Crippen molar-refractivity contribution in [2.75, 3.05) is 31.5 Å². The highest BCUT2D eigenvalue weighted by Crippen LogP contribution is 2.19. The number of hydrogen-bond acceptors (Lipinski definition) is 3. The maximum absolute atomic E-state index is 12.0. The van der Waals surface area contributed by atoms with E-state index in [0.29, 0.717) is 18.1 Å². The molecular weight excluding hydrogens is 266 g/mol. The Balaban J connectivity index is 1.92. The Morgan fingerprint density at radius 3 is 3.05 bits per heavy atom. The summed E-state index contributed by atoms with van der Waals surface area (Å²) in [6.45, 7) is 3.31. The number of anilines is 1. The van der Waals surface area contributed by atoms with Gasteiger partial charge in [0.2, 0.25) is 11.8 Å². The first-order valence-corrected chi connectivity index (χ1v) is 6.48. The van der Waals surface area contributed by atoms with Gasteiger partial charge in [-0.1, -0.05) is 17.7 Å².